The molecule has 4 heteroatoms. The summed E-state index contributed by atoms with van der Waals surface area (Å²) in [6.07, 6.45) is 5.86. The van der Waals surface area contributed by atoms with Gasteiger partial charge in [0.25, 0.3) is 0 Å². The molecular weight excluding hydrogens is 270 g/mol. The molecule has 16 heavy (non-hydrogen) atoms. The van der Waals surface area contributed by atoms with Gasteiger partial charge in [-0.2, -0.15) is 0 Å². The third kappa shape index (κ3) is 4.06. The van der Waals surface area contributed by atoms with E-state index in [2.05, 4.69) is 28.2 Å². The van der Waals surface area contributed by atoms with Crippen molar-refractivity contribution in [3.8, 4) is 0 Å². The smallest absolute Gasteiger partial charge is 0.223 e. The molecule has 1 aliphatic carbocycles. The molecule has 1 saturated carbocycles. The fourth-order valence-electron chi connectivity index (χ4n) is 2.10. The average Bonchev–Trinajstić information content (AvgIpc) is 2.20. The minimum Gasteiger partial charge on any atom is -0.378 e. The second-order valence-corrected chi connectivity index (χ2v) is 5.51. The number of carbonyl (C=O) groups is 1. The van der Waals surface area contributed by atoms with Gasteiger partial charge in [0.1, 0.15) is 0 Å². The normalized spacial score (nSPS) is 19.9. The van der Waals surface area contributed by atoms with Crippen LogP contribution < -0.4 is 5.32 Å². The van der Waals surface area contributed by atoms with E-state index in [0.717, 1.165) is 31.0 Å². The predicted molar refractivity (Wildman–Crippen MR) is 68.8 cm³/mol. The molecule has 0 spiro atoms. The molecule has 1 N–H and O–H groups in total. The number of carbonyl (C=O) groups excluding carboxylic acids is 1. The van der Waals surface area contributed by atoms with Crippen LogP contribution in [0.5, 0.6) is 0 Å². The Balaban J connectivity index is 2.24. The summed E-state index contributed by atoms with van der Waals surface area (Å²) in [7, 11) is 1.71. The first-order valence-corrected chi connectivity index (χ1v) is 7.14. The molecule has 1 unspecified atom stereocenters. The topological polar surface area (TPSA) is 38.3 Å². The van der Waals surface area contributed by atoms with E-state index < -0.39 is 0 Å². The van der Waals surface area contributed by atoms with Crippen LogP contribution in [0.2, 0.25) is 0 Å². The summed E-state index contributed by atoms with van der Waals surface area (Å²) < 4.78 is 5.44. The minimum atomic E-state index is -0.154. The van der Waals surface area contributed by atoms with E-state index in [9.17, 15) is 4.79 Å². The van der Waals surface area contributed by atoms with Gasteiger partial charge in [-0.3, -0.25) is 4.79 Å². The lowest BCUT2D eigenvalue weighted by molar-refractivity contribution is -0.134. The van der Waals surface area contributed by atoms with Crippen molar-refractivity contribution in [3.05, 3.63) is 0 Å². The Morgan fingerprint density at radius 1 is 1.56 bits per heavy atom. The Bertz CT molecular complexity index is 224. The molecule has 0 saturated heterocycles. The number of rotatable bonds is 7. The average molecular weight is 292 g/mol. The summed E-state index contributed by atoms with van der Waals surface area (Å²) in [5.41, 5.74) is -0.154. The zero-order valence-corrected chi connectivity index (χ0v) is 11.8. The van der Waals surface area contributed by atoms with E-state index in [4.69, 9.17) is 4.74 Å². The molecule has 0 heterocycles. The SMILES string of the molecule is COC1(CC(=O)NC(C)CCCBr)CCC1. The molecule has 1 aliphatic rings. The van der Waals surface area contributed by atoms with Gasteiger partial charge in [0.15, 0.2) is 0 Å². The van der Waals surface area contributed by atoms with Crippen LogP contribution in [0.15, 0.2) is 0 Å². The van der Waals surface area contributed by atoms with Gasteiger partial charge in [-0.1, -0.05) is 15.9 Å². The molecule has 1 atom stereocenters. The van der Waals surface area contributed by atoms with Gasteiger partial charge in [0.2, 0.25) is 5.91 Å². The van der Waals surface area contributed by atoms with Crippen LogP contribution in [0.25, 0.3) is 0 Å². The van der Waals surface area contributed by atoms with E-state index in [0.29, 0.717) is 6.42 Å². The number of ether oxygens (including phenoxy) is 1. The molecule has 0 radical (unpaired) electrons. The second-order valence-electron chi connectivity index (χ2n) is 4.72. The fourth-order valence-corrected chi connectivity index (χ4v) is 2.42. The van der Waals surface area contributed by atoms with E-state index in [1.807, 2.05) is 0 Å². The van der Waals surface area contributed by atoms with Crippen LogP contribution in [-0.4, -0.2) is 30.0 Å². The van der Waals surface area contributed by atoms with Gasteiger partial charge in [-0.15, -0.1) is 0 Å². The maximum absolute atomic E-state index is 11.8. The molecule has 3 nitrogen and oxygen atoms in total. The number of methoxy groups -OCH3 is 1. The first-order chi connectivity index (χ1) is 7.62. The first-order valence-electron chi connectivity index (χ1n) is 6.02. The van der Waals surface area contributed by atoms with Crippen LogP contribution in [0.3, 0.4) is 0 Å². The third-order valence-corrected chi connectivity index (χ3v) is 3.92. The van der Waals surface area contributed by atoms with Crippen LogP contribution in [0.4, 0.5) is 0 Å². The van der Waals surface area contributed by atoms with Gasteiger partial charge in [-0.05, 0) is 39.0 Å². The van der Waals surface area contributed by atoms with E-state index in [-0.39, 0.29) is 17.6 Å². The maximum Gasteiger partial charge on any atom is 0.223 e. The highest BCUT2D eigenvalue weighted by atomic mass is 79.9. The van der Waals surface area contributed by atoms with Crippen LogP contribution in [0.1, 0.15) is 45.4 Å². The minimum absolute atomic E-state index is 0.128. The Morgan fingerprint density at radius 2 is 2.25 bits per heavy atom. The lowest BCUT2D eigenvalue weighted by Gasteiger charge is -2.40. The summed E-state index contributed by atoms with van der Waals surface area (Å²) in [6.45, 7) is 2.06. The van der Waals surface area contributed by atoms with Crippen molar-refractivity contribution in [2.24, 2.45) is 0 Å². The monoisotopic (exact) mass is 291 g/mol. The second kappa shape index (κ2) is 6.60. The molecule has 1 rings (SSSR count). The van der Waals surface area contributed by atoms with Gasteiger partial charge >= 0.3 is 0 Å². The van der Waals surface area contributed by atoms with Crippen molar-refractivity contribution >= 4 is 21.8 Å². The molecular formula is C12H22BrNO2. The summed E-state index contributed by atoms with van der Waals surface area (Å²) in [4.78, 5) is 11.8. The first kappa shape index (κ1) is 14.0. The Labute approximate surface area is 106 Å². The van der Waals surface area contributed by atoms with Gasteiger partial charge in [0, 0.05) is 18.5 Å². The molecule has 0 aromatic carbocycles. The fraction of sp³-hybridized carbons (Fsp3) is 0.917. The van der Waals surface area contributed by atoms with E-state index in [1.54, 1.807) is 7.11 Å². The van der Waals surface area contributed by atoms with Gasteiger partial charge < -0.3 is 10.1 Å². The lowest BCUT2D eigenvalue weighted by Crippen LogP contribution is -2.45. The number of nitrogens with one attached hydrogen (secondary N) is 1. The summed E-state index contributed by atoms with van der Waals surface area (Å²) >= 11 is 3.39. The summed E-state index contributed by atoms with van der Waals surface area (Å²) in [5, 5.41) is 4.03. The Kier molecular flexibility index (Phi) is 5.76. The quantitative estimate of drug-likeness (QED) is 0.733. The number of hydrogen-bond acceptors (Lipinski definition) is 2. The maximum atomic E-state index is 11.8. The van der Waals surface area contributed by atoms with E-state index >= 15 is 0 Å². The highest BCUT2D eigenvalue weighted by Crippen LogP contribution is 2.37. The zero-order chi connectivity index (χ0) is 12.0. The Morgan fingerprint density at radius 3 is 2.69 bits per heavy atom. The van der Waals surface area contributed by atoms with Crippen LogP contribution >= 0.6 is 15.9 Å². The third-order valence-electron chi connectivity index (χ3n) is 3.36. The standard InChI is InChI=1S/C12H22BrNO2/c1-10(5-3-8-13)14-11(15)9-12(16-2)6-4-7-12/h10H,3-9H2,1-2H3,(H,14,15). The highest BCUT2D eigenvalue weighted by molar-refractivity contribution is 9.09. The van der Waals surface area contributed by atoms with Gasteiger partial charge in [-0.25, -0.2) is 0 Å². The van der Waals surface area contributed by atoms with Crippen molar-refractivity contribution in [1.82, 2.24) is 5.32 Å². The summed E-state index contributed by atoms with van der Waals surface area (Å²) in [5.74, 6) is 0.128. The molecule has 1 fully saturated rings. The van der Waals surface area contributed by atoms with Crippen LogP contribution in [-0.2, 0) is 9.53 Å². The molecule has 1 amide bonds. The lowest BCUT2D eigenvalue weighted by atomic mass is 9.77. The van der Waals surface area contributed by atoms with E-state index in [1.165, 1.54) is 6.42 Å². The summed E-state index contributed by atoms with van der Waals surface area (Å²) in [6, 6.07) is 0.263. The molecule has 0 bridgehead atoms. The molecule has 0 aliphatic heterocycles. The van der Waals surface area contributed by atoms with Gasteiger partial charge in [0.05, 0.1) is 12.0 Å². The van der Waals surface area contributed by atoms with Crippen molar-refractivity contribution in [3.63, 3.8) is 0 Å². The zero-order valence-electron chi connectivity index (χ0n) is 10.2. The number of amides is 1. The highest BCUT2D eigenvalue weighted by Gasteiger charge is 2.39. The van der Waals surface area contributed by atoms with Crippen molar-refractivity contribution in [2.75, 3.05) is 12.4 Å². The van der Waals surface area contributed by atoms with Crippen molar-refractivity contribution in [2.45, 2.75) is 57.1 Å². The van der Waals surface area contributed by atoms with Crippen LogP contribution in [0, 0.1) is 0 Å². The number of alkyl halides is 1. The Hall–Kier alpha value is -0.0900. The molecule has 0 aromatic rings. The number of hydrogen-bond donors (Lipinski definition) is 1. The van der Waals surface area contributed by atoms with Crippen molar-refractivity contribution in [1.29, 1.82) is 0 Å². The van der Waals surface area contributed by atoms with Crippen molar-refractivity contribution < 1.29 is 9.53 Å². The predicted octanol–water partition coefficient (Wildman–Crippen LogP) is 2.63. The number of halogens is 1. The molecule has 94 valence electrons. The largest absolute Gasteiger partial charge is 0.378 e. The molecule has 0 aromatic heterocycles.